The van der Waals surface area contributed by atoms with Crippen LogP contribution < -0.4 is 10.1 Å². The van der Waals surface area contributed by atoms with Gasteiger partial charge < -0.3 is 14.8 Å². The zero-order valence-electron chi connectivity index (χ0n) is 15.0. The first-order valence-corrected chi connectivity index (χ1v) is 8.08. The average Bonchev–Trinajstić information content (AvgIpc) is 2.60. The summed E-state index contributed by atoms with van der Waals surface area (Å²) in [6.07, 6.45) is -0.969. The lowest BCUT2D eigenvalue weighted by Crippen LogP contribution is -2.28. The van der Waals surface area contributed by atoms with Gasteiger partial charge in [-0.2, -0.15) is 0 Å². The number of rotatable bonds is 6. The van der Waals surface area contributed by atoms with Crippen molar-refractivity contribution in [2.45, 2.75) is 33.5 Å². The first-order chi connectivity index (χ1) is 11.9. The minimum atomic E-state index is -0.969. The fourth-order valence-corrected chi connectivity index (χ4v) is 2.44. The number of ether oxygens (including phenoxy) is 2. The molecule has 0 aromatic heterocycles. The van der Waals surface area contributed by atoms with Crippen molar-refractivity contribution in [2.24, 2.45) is 0 Å². The fourth-order valence-electron chi connectivity index (χ4n) is 2.44. The van der Waals surface area contributed by atoms with Crippen LogP contribution in [0.15, 0.2) is 42.5 Å². The predicted molar refractivity (Wildman–Crippen MR) is 95.3 cm³/mol. The molecule has 0 aliphatic carbocycles. The van der Waals surface area contributed by atoms with Gasteiger partial charge in [-0.05, 0) is 42.7 Å². The van der Waals surface area contributed by atoms with Crippen LogP contribution in [0.1, 0.15) is 35.3 Å². The van der Waals surface area contributed by atoms with Gasteiger partial charge in [0.2, 0.25) is 6.10 Å². The number of nitrogens with one attached hydrogen (secondary N) is 1. The second kappa shape index (κ2) is 8.33. The third-order valence-electron chi connectivity index (χ3n) is 3.76. The Hall–Kier alpha value is -2.82. The van der Waals surface area contributed by atoms with Crippen molar-refractivity contribution in [1.29, 1.82) is 0 Å². The zero-order valence-corrected chi connectivity index (χ0v) is 15.0. The van der Waals surface area contributed by atoms with E-state index in [1.54, 1.807) is 6.07 Å². The van der Waals surface area contributed by atoms with E-state index in [1.807, 2.05) is 50.2 Å². The Morgan fingerprint density at radius 3 is 2.56 bits per heavy atom. The molecule has 25 heavy (non-hydrogen) atoms. The van der Waals surface area contributed by atoms with E-state index in [9.17, 15) is 9.59 Å². The summed E-state index contributed by atoms with van der Waals surface area (Å²) in [4.78, 5) is 23.3. The number of carbonyl (C=O) groups is 2. The first kappa shape index (κ1) is 18.5. The van der Waals surface area contributed by atoms with E-state index >= 15 is 0 Å². The molecule has 0 fully saturated rings. The SMILES string of the molecule is CNC(=O)C(OC(C)=O)c1cccc(COc2cc(C)ccc2C)c1. The maximum Gasteiger partial charge on any atom is 0.303 e. The topological polar surface area (TPSA) is 64.6 Å². The molecular weight excluding hydrogens is 318 g/mol. The molecule has 0 heterocycles. The van der Waals surface area contributed by atoms with Gasteiger partial charge in [-0.1, -0.05) is 30.3 Å². The van der Waals surface area contributed by atoms with Crippen LogP contribution in [-0.2, 0) is 20.9 Å². The van der Waals surface area contributed by atoms with E-state index in [2.05, 4.69) is 5.32 Å². The maximum absolute atomic E-state index is 12.0. The second-order valence-electron chi connectivity index (χ2n) is 5.91. The van der Waals surface area contributed by atoms with Gasteiger partial charge in [0, 0.05) is 19.5 Å². The van der Waals surface area contributed by atoms with Crippen LogP contribution >= 0.6 is 0 Å². The van der Waals surface area contributed by atoms with Crippen LogP contribution in [0.5, 0.6) is 5.75 Å². The highest BCUT2D eigenvalue weighted by molar-refractivity contribution is 5.84. The Labute approximate surface area is 148 Å². The van der Waals surface area contributed by atoms with Crippen molar-refractivity contribution in [1.82, 2.24) is 5.32 Å². The van der Waals surface area contributed by atoms with Crippen molar-refractivity contribution in [3.05, 3.63) is 64.7 Å². The Morgan fingerprint density at radius 1 is 1.12 bits per heavy atom. The number of carbonyl (C=O) groups excluding carboxylic acids is 2. The van der Waals surface area contributed by atoms with E-state index in [0.717, 1.165) is 22.4 Å². The van der Waals surface area contributed by atoms with Gasteiger partial charge in [0.05, 0.1) is 0 Å². The minimum absolute atomic E-state index is 0.360. The molecule has 5 nitrogen and oxygen atoms in total. The Balaban J connectivity index is 2.18. The number of benzene rings is 2. The molecule has 1 amide bonds. The van der Waals surface area contributed by atoms with Gasteiger partial charge >= 0.3 is 5.97 Å². The highest BCUT2D eigenvalue weighted by atomic mass is 16.5. The molecule has 0 spiro atoms. The summed E-state index contributed by atoms with van der Waals surface area (Å²) in [6.45, 7) is 5.65. The molecule has 0 radical (unpaired) electrons. The normalized spacial score (nSPS) is 11.5. The van der Waals surface area contributed by atoms with E-state index < -0.39 is 12.1 Å². The number of aryl methyl sites for hydroxylation is 2. The molecule has 132 valence electrons. The molecule has 2 aromatic carbocycles. The lowest BCUT2D eigenvalue weighted by Gasteiger charge is -2.17. The summed E-state index contributed by atoms with van der Waals surface area (Å²) in [7, 11) is 1.51. The molecule has 0 bridgehead atoms. The highest BCUT2D eigenvalue weighted by Gasteiger charge is 2.22. The second-order valence-corrected chi connectivity index (χ2v) is 5.91. The van der Waals surface area contributed by atoms with E-state index in [-0.39, 0.29) is 5.91 Å². The van der Waals surface area contributed by atoms with Gasteiger partial charge in [0.15, 0.2) is 0 Å². The van der Waals surface area contributed by atoms with Gasteiger partial charge in [0.1, 0.15) is 12.4 Å². The van der Waals surface area contributed by atoms with E-state index in [0.29, 0.717) is 12.2 Å². The van der Waals surface area contributed by atoms with E-state index in [4.69, 9.17) is 9.47 Å². The van der Waals surface area contributed by atoms with Crippen LogP contribution in [-0.4, -0.2) is 18.9 Å². The Bertz CT molecular complexity index is 770. The van der Waals surface area contributed by atoms with Crippen molar-refractivity contribution < 1.29 is 19.1 Å². The molecule has 0 aliphatic rings. The molecule has 2 aromatic rings. The summed E-state index contributed by atoms with van der Waals surface area (Å²) < 4.78 is 11.0. The summed E-state index contributed by atoms with van der Waals surface area (Å²) in [5, 5.41) is 2.51. The van der Waals surface area contributed by atoms with Gasteiger partial charge in [-0.15, -0.1) is 0 Å². The summed E-state index contributed by atoms with van der Waals surface area (Å²) in [5.41, 5.74) is 3.69. The van der Waals surface area contributed by atoms with Crippen LogP contribution in [0.3, 0.4) is 0 Å². The molecule has 2 rings (SSSR count). The van der Waals surface area contributed by atoms with Crippen LogP contribution in [0, 0.1) is 13.8 Å². The number of amides is 1. The largest absolute Gasteiger partial charge is 0.489 e. The predicted octanol–water partition coefficient (Wildman–Crippen LogP) is 3.23. The number of hydrogen-bond donors (Lipinski definition) is 1. The molecule has 0 aliphatic heterocycles. The molecule has 0 saturated carbocycles. The number of esters is 1. The number of likely N-dealkylation sites (N-methyl/N-ethyl adjacent to an activating group) is 1. The first-order valence-electron chi connectivity index (χ1n) is 8.08. The van der Waals surface area contributed by atoms with Crippen molar-refractivity contribution in [2.75, 3.05) is 7.05 Å². The Morgan fingerprint density at radius 2 is 1.88 bits per heavy atom. The minimum Gasteiger partial charge on any atom is -0.489 e. The van der Waals surface area contributed by atoms with Crippen LogP contribution in [0.4, 0.5) is 0 Å². The zero-order chi connectivity index (χ0) is 18.4. The number of hydrogen-bond acceptors (Lipinski definition) is 4. The Kier molecular flexibility index (Phi) is 6.17. The smallest absolute Gasteiger partial charge is 0.303 e. The summed E-state index contributed by atoms with van der Waals surface area (Å²) in [5.74, 6) is -0.0540. The highest BCUT2D eigenvalue weighted by Crippen LogP contribution is 2.23. The van der Waals surface area contributed by atoms with Gasteiger partial charge in [-0.3, -0.25) is 9.59 Å². The van der Waals surface area contributed by atoms with Gasteiger partial charge in [-0.25, -0.2) is 0 Å². The standard InChI is InChI=1S/C20H23NO4/c1-13-8-9-14(2)18(10-13)24-12-16-6-5-7-17(11-16)19(20(23)21-4)25-15(3)22/h5-11,19H,12H2,1-4H3,(H,21,23). The molecule has 5 heteroatoms. The van der Waals surface area contributed by atoms with Crippen LogP contribution in [0.2, 0.25) is 0 Å². The summed E-state index contributed by atoms with van der Waals surface area (Å²) >= 11 is 0. The third kappa shape index (κ3) is 5.08. The van der Waals surface area contributed by atoms with E-state index in [1.165, 1.54) is 14.0 Å². The quantitative estimate of drug-likeness (QED) is 0.819. The third-order valence-corrected chi connectivity index (χ3v) is 3.76. The van der Waals surface area contributed by atoms with Crippen molar-refractivity contribution >= 4 is 11.9 Å². The van der Waals surface area contributed by atoms with Crippen molar-refractivity contribution in [3.8, 4) is 5.75 Å². The average molecular weight is 341 g/mol. The van der Waals surface area contributed by atoms with Crippen LogP contribution in [0.25, 0.3) is 0 Å². The molecule has 0 saturated heterocycles. The maximum atomic E-state index is 12.0. The van der Waals surface area contributed by atoms with Crippen molar-refractivity contribution in [3.63, 3.8) is 0 Å². The monoisotopic (exact) mass is 341 g/mol. The molecule has 1 unspecified atom stereocenters. The lowest BCUT2D eigenvalue weighted by atomic mass is 10.1. The van der Waals surface area contributed by atoms with Gasteiger partial charge in [0.25, 0.3) is 5.91 Å². The molecular formula is C20H23NO4. The molecule has 1 atom stereocenters. The fraction of sp³-hybridized carbons (Fsp3) is 0.300. The molecule has 1 N–H and O–H groups in total. The summed E-state index contributed by atoms with van der Waals surface area (Å²) in [6, 6.07) is 13.3. The lowest BCUT2D eigenvalue weighted by molar-refractivity contribution is -0.154.